The molecule has 3 heteroatoms. The minimum Gasteiger partial charge on any atom is -0.326 e. The van der Waals surface area contributed by atoms with Gasteiger partial charge in [-0.1, -0.05) is 42.0 Å². The molecule has 0 radical (unpaired) electrons. The van der Waals surface area contributed by atoms with Gasteiger partial charge in [0, 0.05) is 11.1 Å². The summed E-state index contributed by atoms with van der Waals surface area (Å²) >= 11 is 0. The zero-order valence-electron chi connectivity index (χ0n) is 11.8. The number of nitrogens with one attached hydrogen (secondary N) is 1. The van der Waals surface area contributed by atoms with Crippen LogP contribution in [0.1, 0.15) is 11.3 Å². The molecule has 0 unspecified atom stereocenters. The number of rotatable bonds is 3. The molecule has 104 valence electrons. The lowest BCUT2D eigenvalue weighted by Crippen LogP contribution is -2.15. The highest BCUT2D eigenvalue weighted by Crippen LogP contribution is 2.13. The van der Waals surface area contributed by atoms with Gasteiger partial charge >= 0.3 is 0 Å². The van der Waals surface area contributed by atoms with Crippen LogP contribution in [0.15, 0.2) is 60.7 Å². The lowest BCUT2D eigenvalue weighted by molar-refractivity contribution is -0.115. The SMILES string of the molecule is Cc1ccc(NC(=O)Cc2ccc3ccccc3n2)cc1. The Kier molecular flexibility index (Phi) is 3.65. The Morgan fingerprint density at radius 2 is 1.76 bits per heavy atom. The van der Waals surface area contributed by atoms with Crippen LogP contribution in [0.3, 0.4) is 0 Å². The standard InChI is InChI=1S/C18H16N2O/c1-13-6-9-15(10-7-13)20-18(21)12-16-11-8-14-4-2-3-5-17(14)19-16/h2-11H,12H2,1H3,(H,20,21). The van der Waals surface area contributed by atoms with Gasteiger partial charge in [-0.2, -0.15) is 0 Å². The van der Waals surface area contributed by atoms with E-state index in [-0.39, 0.29) is 12.3 Å². The number of nitrogens with zero attached hydrogens (tertiary/aromatic N) is 1. The maximum absolute atomic E-state index is 12.1. The van der Waals surface area contributed by atoms with Crippen molar-refractivity contribution in [1.82, 2.24) is 4.98 Å². The normalized spacial score (nSPS) is 10.5. The lowest BCUT2D eigenvalue weighted by Gasteiger charge is -2.06. The molecule has 1 heterocycles. The highest BCUT2D eigenvalue weighted by molar-refractivity contribution is 5.92. The van der Waals surface area contributed by atoms with E-state index in [9.17, 15) is 4.79 Å². The number of benzene rings is 2. The monoisotopic (exact) mass is 276 g/mol. The maximum atomic E-state index is 12.1. The molecule has 1 N–H and O–H groups in total. The van der Waals surface area contributed by atoms with Crippen LogP contribution in [0.5, 0.6) is 0 Å². The quantitative estimate of drug-likeness (QED) is 0.792. The first-order chi connectivity index (χ1) is 10.2. The van der Waals surface area contributed by atoms with E-state index in [1.807, 2.05) is 67.6 Å². The molecule has 3 aromatic rings. The van der Waals surface area contributed by atoms with Crippen molar-refractivity contribution in [2.45, 2.75) is 13.3 Å². The van der Waals surface area contributed by atoms with Crippen LogP contribution in [0.25, 0.3) is 10.9 Å². The summed E-state index contributed by atoms with van der Waals surface area (Å²) in [5, 5.41) is 3.97. The third kappa shape index (κ3) is 3.26. The van der Waals surface area contributed by atoms with Gasteiger partial charge in [0.15, 0.2) is 0 Å². The van der Waals surface area contributed by atoms with E-state index >= 15 is 0 Å². The molecule has 1 aromatic heterocycles. The first kappa shape index (κ1) is 13.3. The first-order valence-electron chi connectivity index (χ1n) is 6.92. The number of hydrogen-bond acceptors (Lipinski definition) is 2. The van der Waals surface area contributed by atoms with Crippen LogP contribution in [0.4, 0.5) is 5.69 Å². The molecule has 0 aliphatic heterocycles. The van der Waals surface area contributed by atoms with Gasteiger partial charge in [0.1, 0.15) is 0 Å². The number of para-hydroxylation sites is 1. The van der Waals surface area contributed by atoms with Crippen molar-refractivity contribution in [2.24, 2.45) is 0 Å². The van der Waals surface area contributed by atoms with E-state index in [1.54, 1.807) is 0 Å². The van der Waals surface area contributed by atoms with Crippen molar-refractivity contribution in [3.05, 3.63) is 71.9 Å². The second-order valence-electron chi connectivity index (χ2n) is 5.09. The molecule has 0 saturated carbocycles. The Balaban J connectivity index is 1.72. The maximum Gasteiger partial charge on any atom is 0.230 e. The zero-order valence-corrected chi connectivity index (χ0v) is 11.8. The van der Waals surface area contributed by atoms with Gasteiger partial charge in [-0.25, -0.2) is 0 Å². The fourth-order valence-electron chi connectivity index (χ4n) is 2.21. The van der Waals surface area contributed by atoms with Crippen molar-refractivity contribution < 1.29 is 4.79 Å². The molecule has 0 aliphatic carbocycles. The number of hydrogen-bond donors (Lipinski definition) is 1. The van der Waals surface area contributed by atoms with Gasteiger partial charge in [0.25, 0.3) is 0 Å². The van der Waals surface area contributed by atoms with Gasteiger partial charge in [-0.15, -0.1) is 0 Å². The number of amides is 1. The molecule has 2 aromatic carbocycles. The molecule has 0 aliphatic rings. The molecular weight excluding hydrogens is 260 g/mol. The van der Waals surface area contributed by atoms with Crippen molar-refractivity contribution in [1.29, 1.82) is 0 Å². The van der Waals surface area contributed by atoms with E-state index in [1.165, 1.54) is 5.56 Å². The number of pyridine rings is 1. The minimum atomic E-state index is -0.0540. The molecule has 3 rings (SSSR count). The molecule has 1 amide bonds. The van der Waals surface area contributed by atoms with Crippen molar-refractivity contribution in [2.75, 3.05) is 5.32 Å². The van der Waals surface area contributed by atoms with Crippen LogP contribution < -0.4 is 5.32 Å². The number of carbonyl (C=O) groups excluding carboxylic acids is 1. The third-order valence-corrected chi connectivity index (χ3v) is 3.33. The fourth-order valence-corrected chi connectivity index (χ4v) is 2.21. The Hall–Kier alpha value is -2.68. The van der Waals surface area contributed by atoms with Crippen LogP contribution in [-0.2, 0) is 11.2 Å². The lowest BCUT2D eigenvalue weighted by atomic mass is 10.1. The van der Waals surface area contributed by atoms with E-state index in [0.717, 1.165) is 22.3 Å². The summed E-state index contributed by atoms with van der Waals surface area (Å²) in [6.07, 6.45) is 0.276. The Morgan fingerprint density at radius 3 is 2.57 bits per heavy atom. The molecule has 21 heavy (non-hydrogen) atoms. The molecular formula is C18H16N2O. The summed E-state index contributed by atoms with van der Waals surface area (Å²) < 4.78 is 0. The van der Waals surface area contributed by atoms with E-state index in [0.29, 0.717) is 0 Å². The first-order valence-corrected chi connectivity index (χ1v) is 6.92. The van der Waals surface area contributed by atoms with Gasteiger partial charge in [0.05, 0.1) is 17.6 Å². The summed E-state index contributed by atoms with van der Waals surface area (Å²) in [6, 6.07) is 19.6. The van der Waals surface area contributed by atoms with Crippen LogP contribution in [0, 0.1) is 6.92 Å². The third-order valence-electron chi connectivity index (χ3n) is 3.33. The predicted molar refractivity (Wildman–Crippen MR) is 85.3 cm³/mol. The average Bonchev–Trinajstić information content (AvgIpc) is 2.49. The van der Waals surface area contributed by atoms with Crippen LogP contribution in [-0.4, -0.2) is 10.9 Å². The van der Waals surface area contributed by atoms with Crippen molar-refractivity contribution >= 4 is 22.5 Å². The number of anilines is 1. The summed E-state index contributed by atoms with van der Waals surface area (Å²) in [6.45, 7) is 2.02. The number of aromatic nitrogens is 1. The van der Waals surface area contributed by atoms with E-state index < -0.39 is 0 Å². The van der Waals surface area contributed by atoms with Gasteiger partial charge in [-0.3, -0.25) is 9.78 Å². The molecule has 0 atom stereocenters. The molecule has 0 fully saturated rings. The van der Waals surface area contributed by atoms with Gasteiger partial charge in [0.2, 0.25) is 5.91 Å². The Bertz CT molecular complexity index is 779. The summed E-state index contributed by atoms with van der Waals surface area (Å²) in [5.74, 6) is -0.0540. The molecule has 0 bridgehead atoms. The smallest absolute Gasteiger partial charge is 0.230 e. The second kappa shape index (κ2) is 5.75. The largest absolute Gasteiger partial charge is 0.326 e. The Labute approximate surface area is 123 Å². The highest BCUT2D eigenvalue weighted by Gasteiger charge is 2.06. The molecule has 0 saturated heterocycles. The predicted octanol–water partition coefficient (Wildman–Crippen LogP) is 3.72. The van der Waals surface area contributed by atoms with E-state index in [2.05, 4.69) is 10.3 Å². The average molecular weight is 276 g/mol. The number of carbonyl (C=O) groups is 1. The van der Waals surface area contributed by atoms with Crippen molar-refractivity contribution in [3.63, 3.8) is 0 Å². The number of fused-ring (bicyclic) bond motifs is 1. The summed E-state index contributed by atoms with van der Waals surface area (Å²) in [7, 11) is 0. The van der Waals surface area contributed by atoms with Crippen LogP contribution in [0.2, 0.25) is 0 Å². The zero-order chi connectivity index (χ0) is 14.7. The highest BCUT2D eigenvalue weighted by atomic mass is 16.1. The molecule has 0 spiro atoms. The Morgan fingerprint density at radius 1 is 1.00 bits per heavy atom. The van der Waals surface area contributed by atoms with Crippen molar-refractivity contribution in [3.8, 4) is 0 Å². The summed E-state index contributed by atoms with van der Waals surface area (Å²) in [4.78, 5) is 16.6. The van der Waals surface area contributed by atoms with Crippen LogP contribution >= 0.6 is 0 Å². The van der Waals surface area contributed by atoms with Gasteiger partial charge < -0.3 is 5.32 Å². The van der Waals surface area contributed by atoms with Gasteiger partial charge in [-0.05, 0) is 31.2 Å². The number of aryl methyl sites for hydroxylation is 1. The molecule has 3 nitrogen and oxygen atoms in total. The second-order valence-corrected chi connectivity index (χ2v) is 5.09. The fraction of sp³-hybridized carbons (Fsp3) is 0.111. The van der Waals surface area contributed by atoms with E-state index in [4.69, 9.17) is 0 Å². The minimum absolute atomic E-state index is 0.0540. The topological polar surface area (TPSA) is 42.0 Å². The summed E-state index contributed by atoms with van der Waals surface area (Å²) in [5.41, 5.74) is 3.67.